The standard InChI is InChI=1S/C9H12O4/c10-7-2-4-9(13-11)3-1-5-12-8(9)6-7/h2,4,8,11H,1,3,5-6H2/t8-,9-/m1/s1. The van der Waals surface area contributed by atoms with Crippen LogP contribution in [0.1, 0.15) is 19.3 Å². The van der Waals surface area contributed by atoms with Crippen LogP contribution in [0, 0.1) is 0 Å². The molecule has 2 atom stereocenters. The normalized spacial score (nSPS) is 38.8. The molecule has 0 spiro atoms. The number of carbonyl (C=O) groups is 1. The molecule has 0 saturated carbocycles. The van der Waals surface area contributed by atoms with E-state index in [-0.39, 0.29) is 11.9 Å². The second-order valence-corrected chi connectivity index (χ2v) is 3.51. The maximum Gasteiger partial charge on any atom is 0.158 e. The number of hydrogen-bond acceptors (Lipinski definition) is 4. The van der Waals surface area contributed by atoms with Crippen molar-refractivity contribution < 1.29 is 19.7 Å². The summed E-state index contributed by atoms with van der Waals surface area (Å²) in [6.45, 7) is 0.636. The van der Waals surface area contributed by atoms with Crippen molar-refractivity contribution in [2.24, 2.45) is 0 Å². The van der Waals surface area contributed by atoms with Crippen LogP contribution in [-0.2, 0) is 14.4 Å². The smallest absolute Gasteiger partial charge is 0.158 e. The average molecular weight is 184 g/mol. The minimum Gasteiger partial charge on any atom is -0.374 e. The van der Waals surface area contributed by atoms with Crippen molar-refractivity contribution in [1.29, 1.82) is 0 Å². The molecule has 0 aromatic rings. The first-order valence-corrected chi connectivity index (χ1v) is 4.43. The van der Waals surface area contributed by atoms with Crippen LogP contribution in [0.15, 0.2) is 12.2 Å². The summed E-state index contributed by atoms with van der Waals surface area (Å²) in [5.41, 5.74) is -0.772. The molecule has 0 radical (unpaired) electrons. The van der Waals surface area contributed by atoms with E-state index in [0.29, 0.717) is 19.4 Å². The first-order valence-electron chi connectivity index (χ1n) is 4.43. The fourth-order valence-corrected chi connectivity index (χ4v) is 1.92. The Kier molecular flexibility index (Phi) is 2.19. The van der Waals surface area contributed by atoms with Gasteiger partial charge in [-0.1, -0.05) is 0 Å². The molecule has 4 nitrogen and oxygen atoms in total. The van der Waals surface area contributed by atoms with E-state index in [1.165, 1.54) is 6.08 Å². The van der Waals surface area contributed by atoms with Gasteiger partial charge in [0.25, 0.3) is 0 Å². The number of hydrogen-bond donors (Lipinski definition) is 1. The Morgan fingerprint density at radius 2 is 2.54 bits per heavy atom. The first kappa shape index (κ1) is 8.87. The molecule has 0 unspecified atom stereocenters. The van der Waals surface area contributed by atoms with Crippen molar-refractivity contribution >= 4 is 5.78 Å². The number of allylic oxidation sites excluding steroid dienone is 1. The largest absolute Gasteiger partial charge is 0.374 e. The molecule has 0 aromatic carbocycles. The molecule has 2 aliphatic rings. The fourth-order valence-electron chi connectivity index (χ4n) is 1.92. The summed E-state index contributed by atoms with van der Waals surface area (Å²) in [6, 6.07) is 0. The van der Waals surface area contributed by atoms with Gasteiger partial charge in [0, 0.05) is 13.0 Å². The zero-order chi connectivity index (χ0) is 9.31. The zero-order valence-corrected chi connectivity index (χ0v) is 7.23. The quantitative estimate of drug-likeness (QED) is 0.486. The highest BCUT2D eigenvalue weighted by Crippen LogP contribution is 2.34. The highest BCUT2D eigenvalue weighted by molar-refractivity contribution is 5.91. The van der Waals surface area contributed by atoms with Gasteiger partial charge in [-0.3, -0.25) is 10.1 Å². The maximum absolute atomic E-state index is 11.1. The molecule has 0 aromatic heterocycles. The van der Waals surface area contributed by atoms with Gasteiger partial charge in [0.1, 0.15) is 11.7 Å². The molecular weight excluding hydrogens is 172 g/mol. The third-order valence-electron chi connectivity index (χ3n) is 2.68. The molecule has 1 saturated heterocycles. The van der Waals surface area contributed by atoms with Gasteiger partial charge in [-0.2, -0.15) is 0 Å². The van der Waals surface area contributed by atoms with Crippen LogP contribution in [0.5, 0.6) is 0 Å². The fraction of sp³-hybridized carbons (Fsp3) is 0.667. The van der Waals surface area contributed by atoms with E-state index in [4.69, 9.17) is 9.99 Å². The average Bonchev–Trinajstić information content (AvgIpc) is 2.18. The van der Waals surface area contributed by atoms with Crippen LogP contribution >= 0.6 is 0 Å². The van der Waals surface area contributed by atoms with E-state index < -0.39 is 5.60 Å². The van der Waals surface area contributed by atoms with Crippen LogP contribution in [0.4, 0.5) is 0 Å². The Labute approximate surface area is 76.1 Å². The topological polar surface area (TPSA) is 55.8 Å². The SMILES string of the molecule is O=C1C=C[C@]2(OO)CCCO[C@@H]2C1. The Morgan fingerprint density at radius 3 is 3.31 bits per heavy atom. The molecular formula is C9H12O4. The van der Waals surface area contributed by atoms with Gasteiger partial charge < -0.3 is 4.74 Å². The van der Waals surface area contributed by atoms with Crippen LogP contribution in [0.25, 0.3) is 0 Å². The second-order valence-electron chi connectivity index (χ2n) is 3.51. The van der Waals surface area contributed by atoms with Crippen molar-refractivity contribution in [3.05, 3.63) is 12.2 Å². The molecule has 72 valence electrons. The lowest BCUT2D eigenvalue weighted by atomic mass is 9.82. The van der Waals surface area contributed by atoms with Gasteiger partial charge >= 0.3 is 0 Å². The van der Waals surface area contributed by atoms with E-state index in [1.807, 2.05) is 0 Å². The molecule has 13 heavy (non-hydrogen) atoms. The van der Waals surface area contributed by atoms with Crippen molar-refractivity contribution in [2.45, 2.75) is 31.0 Å². The third kappa shape index (κ3) is 1.41. The third-order valence-corrected chi connectivity index (χ3v) is 2.68. The monoisotopic (exact) mass is 184 g/mol. The van der Waals surface area contributed by atoms with E-state index in [2.05, 4.69) is 4.89 Å². The van der Waals surface area contributed by atoms with Crippen LogP contribution < -0.4 is 0 Å². The molecule has 1 heterocycles. The molecule has 2 rings (SSSR count). The Morgan fingerprint density at radius 1 is 1.69 bits per heavy atom. The molecule has 0 bridgehead atoms. The minimum atomic E-state index is -0.772. The summed E-state index contributed by atoms with van der Waals surface area (Å²) in [6.07, 6.45) is 4.61. The van der Waals surface area contributed by atoms with Gasteiger partial charge in [0.2, 0.25) is 0 Å². The van der Waals surface area contributed by atoms with Gasteiger partial charge in [-0.05, 0) is 25.0 Å². The van der Waals surface area contributed by atoms with Crippen molar-refractivity contribution in [3.8, 4) is 0 Å². The molecule has 1 N–H and O–H groups in total. The lowest BCUT2D eigenvalue weighted by molar-refractivity contribution is -0.342. The Bertz CT molecular complexity index is 248. The zero-order valence-electron chi connectivity index (χ0n) is 7.23. The van der Waals surface area contributed by atoms with Crippen LogP contribution in [-0.4, -0.2) is 29.4 Å². The van der Waals surface area contributed by atoms with E-state index in [1.54, 1.807) is 6.08 Å². The lowest BCUT2D eigenvalue weighted by Gasteiger charge is -2.40. The summed E-state index contributed by atoms with van der Waals surface area (Å²) in [4.78, 5) is 15.5. The van der Waals surface area contributed by atoms with E-state index >= 15 is 0 Å². The predicted octanol–water partition coefficient (Wildman–Crippen LogP) is 0.923. The van der Waals surface area contributed by atoms with Gasteiger partial charge in [-0.25, -0.2) is 4.89 Å². The number of rotatable bonds is 1. The second kappa shape index (κ2) is 3.21. The number of ether oxygens (including phenoxy) is 1. The Hall–Kier alpha value is -0.710. The summed E-state index contributed by atoms with van der Waals surface area (Å²) in [7, 11) is 0. The summed E-state index contributed by atoms with van der Waals surface area (Å²) < 4.78 is 5.39. The molecule has 1 aliphatic carbocycles. The molecule has 1 aliphatic heterocycles. The number of carbonyl (C=O) groups excluding carboxylic acids is 1. The maximum atomic E-state index is 11.1. The van der Waals surface area contributed by atoms with Crippen molar-refractivity contribution in [3.63, 3.8) is 0 Å². The summed E-state index contributed by atoms with van der Waals surface area (Å²) in [5, 5.41) is 8.82. The number of ketones is 1. The van der Waals surface area contributed by atoms with E-state index in [0.717, 1.165) is 6.42 Å². The molecule has 1 fully saturated rings. The van der Waals surface area contributed by atoms with Gasteiger partial charge in [0.15, 0.2) is 5.78 Å². The summed E-state index contributed by atoms with van der Waals surface area (Å²) >= 11 is 0. The Balaban J connectivity index is 2.26. The van der Waals surface area contributed by atoms with Crippen molar-refractivity contribution in [1.82, 2.24) is 0 Å². The molecule has 0 amide bonds. The predicted molar refractivity (Wildman–Crippen MR) is 44.2 cm³/mol. The van der Waals surface area contributed by atoms with Crippen LogP contribution in [0.2, 0.25) is 0 Å². The van der Waals surface area contributed by atoms with Crippen LogP contribution in [0.3, 0.4) is 0 Å². The van der Waals surface area contributed by atoms with E-state index in [9.17, 15) is 4.79 Å². The highest BCUT2D eigenvalue weighted by atomic mass is 17.1. The van der Waals surface area contributed by atoms with Crippen molar-refractivity contribution in [2.75, 3.05) is 6.61 Å². The summed E-state index contributed by atoms with van der Waals surface area (Å²) in [5.74, 6) is 0.0274. The minimum absolute atomic E-state index is 0.0274. The van der Waals surface area contributed by atoms with Gasteiger partial charge in [0.05, 0.1) is 0 Å². The number of fused-ring (bicyclic) bond motifs is 1. The highest BCUT2D eigenvalue weighted by Gasteiger charge is 2.44. The lowest BCUT2D eigenvalue weighted by Crippen LogP contribution is -2.50. The first-order chi connectivity index (χ1) is 6.27. The molecule has 4 heteroatoms. The van der Waals surface area contributed by atoms with Gasteiger partial charge in [-0.15, -0.1) is 0 Å².